The Kier molecular flexibility index (Phi) is 7.57. The average Bonchev–Trinajstić information content (AvgIpc) is 3.03. The monoisotopic (exact) mass is 432 g/mol. The minimum Gasteiger partial charge on any atom is -0.393 e. The number of allylic oxidation sites excluding steroid dienone is 3. The number of fused-ring (bicyclic) bond motifs is 1. The van der Waals surface area contributed by atoms with Gasteiger partial charge in [-0.3, -0.25) is 0 Å². The highest BCUT2D eigenvalue weighted by Crippen LogP contribution is 2.60. The summed E-state index contributed by atoms with van der Waals surface area (Å²) >= 11 is 0. The first kappa shape index (κ1) is 24.7. The largest absolute Gasteiger partial charge is 0.393 e. The van der Waals surface area contributed by atoms with E-state index in [1.165, 1.54) is 5.57 Å². The van der Waals surface area contributed by atoms with Gasteiger partial charge in [-0.05, 0) is 81.3 Å². The van der Waals surface area contributed by atoms with E-state index in [1.54, 1.807) is 0 Å². The summed E-state index contributed by atoms with van der Waals surface area (Å²) in [6, 6.07) is 0. The van der Waals surface area contributed by atoms with Crippen LogP contribution in [-0.4, -0.2) is 44.3 Å². The summed E-state index contributed by atoms with van der Waals surface area (Å²) in [5.41, 5.74) is 2.35. The molecule has 0 spiro atoms. The van der Waals surface area contributed by atoms with Gasteiger partial charge in [-0.15, -0.1) is 0 Å². The van der Waals surface area contributed by atoms with Gasteiger partial charge in [0, 0.05) is 11.8 Å². The van der Waals surface area contributed by atoms with Gasteiger partial charge >= 0.3 is 0 Å². The number of hydrogen-bond donors (Lipinski definition) is 4. The molecular formula is C27H44O4. The van der Waals surface area contributed by atoms with Crippen LogP contribution in [0, 0.1) is 23.2 Å². The van der Waals surface area contributed by atoms with Gasteiger partial charge in [-0.25, -0.2) is 0 Å². The zero-order chi connectivity index (χ0) is 23.0. The molecule has 0 unspecified atom stereocenters. The third-order valence-corrected chi connectivity index (χ3v) is 8.59. The van der Waals surface area contributed by atoms with Crippen LogP contribution in [0.2, 0.25) is 0 Å². The lowest BCUT2D eigenvalue weighted by Crippen LogP contribution is -2.46. The van der Waals surface area contributed by atoms with Crippen LogP contribution >= 0.6 is 0 Å². The molecule has 3 aliphatic carbocycles. The van der Waals surface area contributed by atoms with Crippen LogP contribution in [0.1, 0.15) is 85.5 Å². The predicted octanol–water partition coefficient (Wildman–Crippen LogP) is 4.68. The summed E-state index contributed by atoms with van der Waals surface area (Å²) in [6.07, 6.45) is 10.6. The molecule has 0 aromatic carbocycles. The molecule has 0 radical (unpaired) electrons. The number of hydrogen-bond acceptors (Lipinski definition) is 4. The van der Waals surface area contributed by atoms with Crippen LogP contribution in [0.25, 0.3) is 0 Å². The van der Waals surface area contributed by atoms with Crippen LogP contribution in [0.15, 0.2) is 35.5 Å². The Hall–Kier alpha value is -0.940. The highest BCUT2D eigenvalue weighted by atomic mass is 16.3. The second kappa shape index (κ2) is 9.51. The van der Waals surface area contributed by atoms with E-state index in [-0.39, 0.29) is 11.5 Å². The minimum absolute atomic E-state index is 0.112. The van der Waals surface area contributed by atoms with E-state index >= 15 is 0 Å². The fourth-order valence-electron chi connectivity index (χ4n) is 6.70. The van der Waals surface area contributed by atoms with E-state index in [2.05, 4.69) is 32.6 Å². The Morgan fingerprint density at radius 2 is 1.87 bits per heavy atom. The molecule has 4 heteroatoms. The molecule has 3 fully saturated rings. The molecule has 7 atom stereocenters. The van der Waals surface area contributed by atoms with E-state index in [0.717, 1.165) is 56.1 Å². The number of rotatable bonds is 6. The number of aliphatic hydroxyl groups is 4. The Balaban J connectivity index is 1.75. The van der Waals surface area contributed by atoms with Crippen LogP contribution in [-0.2, 0) is 0 Å². The summed E-state index contributed by atoms with van der Waals surface area (Å²) in [4.78, 5) is 0. The van der Waals surface area contributed by atoms with Crippen molar-refractivity contribution in [2.75, 3.05) is 0 Å². The summed E-state index contributed by atoms with van der Waals surface area (Å²) in [6.45, 7) is 12.4. The molecule has 4 nitrogen and oxygen atoms in total. The maximum Gasteiger partial charge on any atom is 0.0811 e. The first-order chi connectivity index (χ1) is 14.4. The van der Waals surface area contributed by atoms with Gasteiger partial charge in [0.1, 0.15) is 0 Å². The van der Waals surface area contributed by atoms with Crippen molar-refractivity contribution in [3.8, 4) is 0 Å². The Labute approximate surface area is 188 Å². The fourth-order valence-corrected chi connectivity index (χ4v) is 6.70. The van der Waals surface area contributed by atoms with E-state index < -0.39 is 17.8 Å². The highest BCUT2D eigenvalue weighted by Gasteiger charge is 2.55. The Morgan fingerprint density at radius 1 is 1.16 bits per heavy atom. The van der Waals surface area contributed by atoms with Crippen molar-refractivity contribution >= 4 is 0 Å². The van der Waals surface area contributed by atoms with Crippen molar-refractivity contribution in [3.63, 3.8) is 0 Å². The van der Waals surface area contributed by atoms with E-state index in [9.17, 15) is 20.4 Å². The Morgan fingerprint density at radius 3 is 2.55 bits per heavy atom. The van der Waals surface area contributed by atoms with Gasteiger partial charge in [-0.2, -0.15) is 0 Å². The normalized spacial score (nSPS) is 40.4. The zero-order valence-corrected chi connectivity index (χ0v) is 20.0. The van der Waals surface area contributed by atoms with Gasteiger partial charge in [0.2, 0.25) is 0 Å². The van der Waals surface area contributed by atoms with Gasteiger partial charge < -0.3 is 20.4 Å². The van der Waals surface area contributed by atoms with Gasteiger partial charge in [0.25, 0.3) is 0 Å². The lowest BCUT2D eigenvalue weighted by molar-refractivity contribution is -0.0492. The molecule has 0 aromatic heterocycles. The molecule has 176 valence electrons. The van der Waals surface area contributed by atoms with E-state index in [1.807, 2.05) is 13.8 Å². The fraction of sp³-hybridized carbons (Fsp3) is 0.778. The predicted molar refractivity (Wildman–Crippen MR) is 125 cm³/mol. The molecule has 3 rings (SSSR count). The molecule has 0 heterocycles. The third-order valence-electron chi connectivity index (χ3n) is 8.59. The maximum absolute atomic E-state index is 11.1. The summed E-state index contributed by atoms with van der Waals surface area (Å²) in [5, 5.41) is 41.3. The lowest BCUT2D eigenvalue weighted by Gasteiger charge is -2.48. The van der Waals surface area contributed by atoms with Crippen molar-refractivity contribution in [2.45, 2.75) is 109 Å². The first-order valence-electron chi connectivity index (χ1n) is 12.3. The van der Waals surface area contributed by atoms with Gasteiger partial charge in [0.05, 0.1) is 23.9 Å². The molecule has 0 amide bonds. The van der Waals surface area contributed by atoms with Gasteiger partial charge in [-0.1, -0.05) is 51.0 Å². The van der Waals surface area contributed by atoms with E-state index in [0.29, 0.717) is 30.6 Å². The SMILES string of the molecule is C=C1/C(=C\C=C2/CC[C@H](O)[C@]3(C)[C@@H]([C@H](C)CCCC(C)(C)O)CC[C@@H]23)C[C@@H](O)C[C@@H]1O. The highest BCUT2D eigenvalue weighted by molar-refractivity contribution is 5.38. The molecule has 0 aliphatic heterocycles. The first-order valence-corrected chi connectivity index (χ1v) is 12.3. The Bertz CT molecular complexity index is 715. The second-order valence-electron chi connectivity index (χ2n) is 11.4. The molecule has 4 N–H and O–H groups in total. The average molecular weight is 433 g/mol. The van der Waals surface area contributed by atoms with Crippen LogP contribution in [0.3, 0.4) is 0 Å². The second-order valence-corrected chi connectivity index (χ2v) is 11.4. The third kappa shape index (κ3) is 5.35. The van der Waals surface area contributed by atoms with Crippen LogP contribution < -0.4 is 0 Å². The summed E-state index contributed by atoms with van der Waals surface area (Å²) < 4.78 is 0. The lowest BCUT2D eigenvalue weighted by atomic mass is 9.59. The topological polar surface area (TPSA) is 80.9 Å². The maximum atomic E-state index is 11.1. The molecular weight excluding hydrogens is 388 g/mol. The van der Waals surface area contributed by atoms with Crippen molar-refractivity contribution in [2.24, 2.45) is 23.2 Å². The van der Waals surface area contributed by atoms with Crippen molar-refractivity contribution in [1.29, 1.82) is 0 Å². The van der Waals surface area contributed by atoms with Crippen molar-refractivity contribution < 1.29 is 20.4 Å². The molecule has 3 saturated carbocycles. The molecule has 0 bridgehead atoms. The molecule has 0 saturated heterocycles. The summed E-state index contributed by atoms with van der Waals surface area (Å²) in [7, 11) is 0. The number of aliphatic hydroxyl groups excluding tert-OH is 3. The van der Waals surface area contributed by atoms with E-state index in [4.69, 9.17) is 0 Å². The molecule has 0 aromatic rings. The molecule has 31 heavy (non-hydrogen) atoms. The molecule has 3 aliphatic rings. The zero-order valence-electron chi connectivity index (χ0n) is 20.0. The van der Waals surface area contributed by atoms with Crippen molar-refractivity contribution in [1.82, 2.24) is 0 Å². The van der Waals surface area contributed by atoms with Crippen molar-refractivity contribution in [3.05, 3.63) is 35.5 Å². The quantitative estimate of drug-likeness (QED) is 0.491. The van der Waals surface area contributed by atoms with Gasteiger partial charge in [0.15, 0.2) is 0 Å². The minimum atomic E-state index is -0.660. The standard InChI is InChI=1S/C27H44O4/c1-17(7-6-14-26(3,4)31)22-11-12-23-19(10-13-25(30)27(22,23)5)8-9-20-15-21(28)16-24(29)18(20)2/h8-9,17,21-25,28-31H,2,6-7,10-16H2,1,3-5H3/b19-8+,20-9-/t17-,21-,22-,23+,24+,25+,27-/m1/s1. The van der Waals surface area contributed by atoms with Crippen LogP contribution in [0.4, 0.5) is 0 Å². The van der Waals surface area contributed by atoms with Crippen LogP contribution in [0.5, 0.6) is 0 Å². The summed E-state index contributed by atoms with van der Waals surface area (Å²) in [5.74, 6) is 1.38. The smallest absolute Gasteiger partial charge is 0.0811 e.